The molecule has 1 aromatic heterocycles. The van der Waals surface area contributed by atoms with Crippen molar-refractivity contribution in [3.8, 4) is 0 Å². The van der Waals surface area contributed by atoms with E-state index in [2.05, 4.69) is 4.98 Å². The van der Waals surface area contributed by atoms with Crippen molar-refractivity contribution in [2.24, 2.45) is 5.92 Å². The highest BCUT2D eigenvalue weighted by molar-refractivity contribution is 5.99. The summed E-state index contributed by atoms with van der Waals surface area (Å²) in [5, 5.41) is 1.15. The van der Waals surface area contributed by atoms with Gasteiger partial charge in [0.2, 0.25) is 5.91 Å². The zero-order chi connectivity index (χ0) is 19.3. The molecule has 0 unspecified atom stereocenters. The summed E-state index contributed by atoms with van der Waals surface area (Å²) in [4.78, 5) is 19.6. The number of carbonyl (C=O) groups excluding carboxylic acids is 1. The number of hydrogen-bond donors (Lipinski definition) is 1. The quantitative estimate of drug-likeness (QED) is 0.942. The number of hydrogen-bond acceptors (Lipinski definition) is 2. The zero-order valence-electron chi connectivity index (χ0n) is 17.2. The fourth-order valence-electron chi connectivity index (χ4n) is 4.16. The standard InChI is InChI=1S/C20H25N3O/c1-4-23(5-2)20(24)14-9-16-15-7-6-8-17-19(15)13(11-21-17)10-18(16)22(3)12-14/h6-9,11,14,18,21H,4-5,10,12H2,1-3H3/t14-,18-/m1/s1/i3D3. The maximum Gasteiger partial charge on any atom is 0.230 e. The van der Waals surface area contributed by atoms with Gasteiger partial charge in [0.25, 0.3) is 0 Å². The molecule has 1 aliphatic heterocycles. The fraction of sp³-hybridized carbons (Fsp3) is 0.450. The fourth-order valence-corrected chi connectivity index (χ4v) is 4.16. The number of rotatable bonds is 3. The molecule has 2 atom stereocenters. The lowest BCUT2D eigenvalue weighted by molar-refractivity contribution is -0.134. The molecular weight excluding hydrogens is 298 g/mol. The predicted molar refractivity (Wildman–Crippen MR) is 97.8 cm³/mol. The number of fused-ring (bicyclic) bond motifs is 2. The second-order valence-corrected chi connectivity index (χ2v) is 6.65. The van der Waals surface area contributed by atoms with Gasteiger partial charge in [0.1, 0.15) is 0 Å². The number of amides is 1. The summed E-state index contributed by atoms with van der Waals surface area (Å²) < 4.78 is 24.2. The Balaban J connectivity index is 1.85. The third-order valence-electron chi connectivity index (χ3n) is 5.41. The van der Waals surface area contributed by atoms with Crippen LogP contribution in [0.4, 0.5) is 0 Å². The van der Waals surface area contributed by atoms with Gasteiger partial charge in [0, 0.05) is 46.9 Å². The molecule has 2 aromatic rings. The molecule has 1 N–H and O–H groups in total. The molecule has 0 radical (unpaired) electrons. The van der Waals surface area contributed by atoms with E-state index in [9.17, 15) is 4.79 Å². The largest absolute Gasteiger partial charge is 0.361 e. The number of likely N-dealkylation sites (N-methyl/N-ethyl adjacent to an activating group) is 1. The van der Waals surface area contributed by atoms with Gasteiger partial charge in [-0.2, -0.15) is 0 Å². The van der Waals surface area contributed by atoms with Crippen LogP contribution in [-0.2, 0) is 11.2 Å². The highest BCUT2D eigenvalue weighted by atomic mass is 16.2. The molecule has 4 nitrogen and oxygen atoms in total. The Morgan fingerprint density at radius 1 is 1.42 bits per heavy atom. The Morgan fingerprint density at radius 3 is 3.00 bits per heavy atom. The van der Waals surface area contributed by atoms with E-state index >= 15 is 0 Å². The third kappa shape index (κ3) is 2.20. The topological polar surface area (TPSA) is 39.3 Å². The van der Waals surface area contributed by atoms with Crippen LogP contribution in [0.5, 0.6) is 0 Å². The smallest absolute Gasteiger partial charge is 0.230 e. The van der Waals surface area contributed by atoms with E-state index in [0.717, 1.165) is 27.6 Å². The minimum atomic E-state index is -2.24. The lowest BCUT2D eigenvalue weighted by Gasteiger charge is -2.40. The van der Waals surface area contributed by atoms with Crippen molar-refractivity contribution in [3.05, 3.63) is 41.6 Å². The van der Waals surface area contributed by atoms with Crippen molar-refractivity contribution < 1.29 is 8.91 Å². The lowest BCUT2D eigenvalue weighted by Crippen LogP contribution is -2.47. The molecule has 24 heavy (non-hydrogen) atoms. The predicted octanol–water partition coefficient (Wildman–Crippen LogP) is 2.91. The molecule has 1 amide bonds. The summed E-state index contributed by atoms with van der Waals surface area (Å²) in [5.74, 6) is -0.431. The summed E-state index contributed by atoms with van der Waals surface area (Å²) in [6, 6.07) is 5.83. The van der Waals surface area contributed by atoms with E-state index in [0.29, 0.717) is 19.5 Å². The number of benzene rings is 1. The third-order valence-corrected chi connectivity index (χ3v) is 5.41. The second-order valence-electron chi connectivity index (χ2n) is 6.65. The van der Waals surface area contributed by atoms with Crippen LogP contribution in [0.25, 0.3) is 16.5 Å². The average molecular weight is 326 g/mol. The van der Waals surface area contributed by atoms with E-state index in [4.69, 9.17) is 4.11 Å². The maximum atomic E-state index is 13.0. The minimum Gasteiger partial charge on any atom is -0.361 e. The van der Waals surface area contributed by atoms with Crippen molar-refractivity contribution in [2.75, 3.05) is 26.6 Å². The SMILES string of the molecule is [2H]C([2H])([2H])N1C[C@H](C(=O)N(CC)CC)C=C2c3cccc4[nH]cc(c34)C[C@H]21. The number of aromatic amines is 1. The molecule has 4 heteroatoms. The number of H-pyrrole nitrogens is 1. The normalized spacial score (nSPS) is 25.4. The first kappa shape index (κ1) is 12.3. The average Bonchev–Trinajstić information content (AvgIpc) is 3.05. The van der Waals surface area contributed by atoms with E-state index < -0.39 is 12.9 Å². The van der Waals surface area contributed by atoms with Crippen LogP contribution < -0.4 is 0 Å². The van der Waals surface area contributed by atoms with Crippen LogP contribution in [0.3, 0.4) is 0 Å². The summed E-state index contributed by atoms with van der Waals surface area (Å²) in [7, 11) is 0. The van der Waals surface area contributed by atoms with Crippen molar-refractivity contribution >= 4 is 22.4 Å². The molecule has 0 bridgehead atoms. The van der Waals surface area contributed by atoms with Crippen LogP contribution in [0, 0.1) is 5.92 Å². The Morgan fingerprint density at radius 2 is 2.25 bits per heavy atom. The molecule has 0 saturated carbocycles. The van der Waals surface area contributed by atoms with Crippen LogP contribution in [0.15, 0.2) is 30.5 Å². The van der Waals surface area contributed by atoms with E-state index in [1.165, 1.54) is 0 Å². The van der Waals surface area contributed by atoms with Gasteiger partial charge >= 0.3 is 0 Å². The Kier molecular flexibility index (Phi) is 2.97. The van der Waals surface area contributed by atoms with Crippen molar-refractivity contribution in [3.63, 3.8) is 0 Å². The lowest BCUT2D eigenvalue weighted by atomic mass is 9.79. The maximum absolute atomic E-state index is 13.0. The molecular formula is C20H25N3O. The van der Waals surface area contributed by atoms with Crippen LogP contribution in [-0.4, -0.2) is 53.3 Å². The first-order chi connectivity index (χ1) is 12.8. The highest BCUT2D eigenvalue weighted by Gasteiger charge is 2.36. The molecule has 1 aliphatic carbocycles. The van der Waals surface area contributed by atoms with Gasteiger partial charge in [-0.25, -0.2) is 0 Å². The summed E-state index contributed by atoms with van der Waals surface area (Å²) in [6.45, 7) is 3.15. The molecule has 4 rings (SSSR count). The van der Waals surface area contributed by atoms with Gasteiger partial charge in [-0.05, 0) is 50.0 Å². The monoisotopic (exact) mass is 326 g/mol. The number of nitrogens with zero attached hydrogens (tertiary/aromatic N) is 2. The van der Waals surface area contributed by atoms with Gasteiger partial charge < -0.3 is 9.88 Å². The van der Waals surface area contributed by atoms with Gasteiger partial charge in [-0.1, -0.05) is 18.2 Å². The molecule has 126 valence electrons. The van der Waals surface area contributed by atoms with Gasteiger partial charge in [0.05, 0.1) is 5.92 Å². The first-order valence-electron chi connectivity index (χ1n) is 10.2. The summed E-state index contributed by atoms with van der Waals surface area (Å²) >= 11 is 0. The van der Waals surface area contributed by atoms with Gasteiger partial charge in [-0.15, -0.1) is 0 Å². The second kappa shape index (κ2) is 5.78. The highest BCUT2D eigenvalue weighted by Crippen LogP contribution is 2.40. The molecule has 2 aliphatic rings. The van der Waals surface area contributed by atoms with Crippen molar-refractivity contribution in [2.45, 2.75) is 26.3 Å². The summed E-state index contributed by atoms with van der Waals surface area (Å²) in [6.07, 6.45) is 4.65. The van der Waals surface area contributed by atoms with Crippen LogP contribution in [0.1, 0.15) is 29.1 Å². The molecule has 0 spiro atoms. The number of carbonyl (C=O) groups is 1. The van der Waals surface area contributed by atoms with E-state index in [-0.39, 0.29) is 18.5 Å². The molecule has 0 saturated heterocycles. The molecule has 1 aromatic carbocycles. The van der Waals surface area contributed by atoms with Gasteiger partial charge in [0.15, 0.2) is 0 Å². The van der Waals surface area contributed by atoms with Gasteiger partial charge in [-0.3, -0.25) is 9.69 Å². The van der Waals surface area contributed by atoms with Crippen molar-refractivity contribution in [1.82, 2.24) is 14.8 Å². The van der Waals surface area contributed by atoms with E-state index in [1.54, 1.807) is 9.80 Å². The first-order valence-corrected chi connectivity index (χ1v) is 8.71. The summed E-state index contributed by atoms with van der Waals surface area (Å²) in [5.41, 5.74) is 4.22. The van der Waals surface area contributed by atoms with E-state index in [1.807, 2.05) is 44.3 Å². The minimum absolute atomic E-state index is 0.00670. The Hall–Kier alpha value is -2.07. The van der Waals surface area contributed by atoms with Crippen LogP contribution >= 0.6 is 0 Å². The Bertz CT molecular complexity index is 911. The Labute approximate surface area is 147 Å². The van der Waals surface area contributed by atoms with Crippen molar-refractivity contribution in [1.29, 1.82) is 0 Å². The molecule has 2 heterocycles. The number of nitrogens with one attached hydrogen (secondary N) is 1. The number of aromatic nitrogens is 1. The molecule has 0 fully saturated rings. The van der Waals surface area contributed by atoms with Crippen LogP contribution in [0.2, 0.25) is 0 Å². The zero-order valence-corrected chi connectivity index (χ0v) is 14.2.